The van der Waals surface area contributed by atoms with Gasteiger partial charge in [-0.05, 0) is 50.6 Å². The summed E-state index contributed by atoms with van der Waals surface area (Å²) in [6, 6.07) is 5.70. The highest BCUT2D eigenvalue weighted by Gasteiger charge is 2.37. The quantitative estimate of drug-likeness (QED) is 0.796. The Hall–Kier alpha value is -1.27. The number of benzene rings is 1. The van der Waals surface area contributed by atoms with E-state index in [4.69, 9.17) is 8.92 Å². The van der Waals surface area contributed by atoms with E-state index in [0.717, 1.165) is 49.9 Å². The van der Waals surface area contributed by atoms with Gasteiger partial charge in [0.05, 0.1) is 12.3 Å². The van der Waals surface area contributed by atoms with E-state index < -0.39 is 10.1 Å². The fraction of sp³-hybridized carbons (Fsp3) is 0.625. The molecule has 0 aliphatic carbocycles. The van der Waals surface area contributed by atoms with Crippen LogP contribution in [0.2, 0.25) is 0 Å². The highest BCUT2D eigenvalue weighted by atomic mass is 32.2. The van der Waals surface area contributed by atoms with Gasteiger partial charge in [0.2, 0.25) is 0 Å². The van der Waals surface area contributed by atoms with Crippen LogP contribution < -0.4 is 8.92 Å². The van der Waals surface area contributed by atoms with E-state index >= 15 is 0 Å². The standard InChI is InChI=1S/C16H23NO4S/c1-3-8-17-9-4-5-13-14-10-12(21-22(2,18)19)6-7-16(14)20-11-15(13)17/h6-7,10,13,15H,3-5,8-9,11H2,1-2H3/t13-,15-/m0/s1. The van der Waals surface area contributed by atoms with Gasteiger partial charge in [0, 0.05) is 11.5 Å². The molecular weight excluding hydrogens is 302 g/mol. The van der Waals surface area contributed by atoms with Gasteiger partial charge in [0.15, 0.2) is 0 Å². The predicted molar refractivity (Wildman–Crippen MR) is 85.0 cm³/mol. The van der Waals surface area contributed by atoms with Crippen LogP contribution in [0.5, 0.6) is 11.5 Å². The van der Waals surface area contributed by atoms with Gasteiger partial charge in [-0.1, -0.05) is 6.92 Å². The molecule has 0 N–H and O–H groups in total. The van der Waals surface area contributed by atoms with Crippen LogP contribution in [-0.4, -0.2) is 45.3 Å². The molecule has 5 nitrogen and oxygen atoms in total. The second-order valence-corrected chi connectivity index (χ2v) is 7.73. The first-order valence-electron chi connectivity index (χ1n) is 7.88. The van der Waals surface area contributed by atoms with E-state index in [1.54, 1.807) is 6.07 Å². The van der Waals surface area contributed by atoms with E-state index in [0.29, 0.717) is 24.3 Å². The molecular formula is C16H23NO4S. The molecule has 2 aliphatic rings. The van der Waals surface area contributed by atoms with Crippen molar-refractivity contribution in [3.05, 3.63) is 23.8 Å². The molecule has 1 saturated heterocycles. The van der Waals surface area contributed by atoms with E-state index in [1.165, 1.54) is 0 Å². The third-order valence-corrected chi connectivity index (χ3v) is 4.94. The Morgan fingerprint density at radius 2 is 2.23 bits per heavy atom. The molecule has 122 valence electrons. The number of nitrogens with zero attached hydrogens (tertiary/aromatic N) is 1. The summed E-state index contributed by atoms with van der Waals surface area (Å²) in [4.78, 5) is 2.50. The van der Waals surface area contributed by atoms with Gasteiger partial charge in [-0.3, -0.25) is 4.90 Å². The first kappa shape index (κ1) is 15.6. The Labute approximate surface area is 132 Å². The van der Waals surface area contributed by atoms with Crippen molar-refractivity contribution in [2.75, 3.05) is 26.0 Å². The predicted octanol–water partition coefficient (Wildman–Crippen LogP) is 2.38. The third-order valence-electron chi connectivity index (χ3n) is 4.44. The minimum Gasteiger partial charge on any atom is -0.492 e. The summed E-state index contributed by atoms with van der Waals surface area (Å²) in [6.45, 7) is 5.11. The van der Waals surface area contributed by atoms with E-state index in [2.05, 4.69) is 11.8 Å². The van der Waals surface area contributed by atoms with Crippen molar-refractivity contribution in [1.29, 1.82) is 0 Å². The van der Waals surface area contributed by atoms with E-state index in [9.17, 15) is 8.42 Å². The average Bonchev–Trinajstić information content (AvgIpc) is 2.46. The Morgan fingerprint density at radius 3 is 2.95 bits per heavy atom. The zero-order valence-corrected chi connectivity index (χ0v) is 13.9. The van der Waals surface area contributed by atoms with Crippen molar-refractivity contribution < 1.29 is 17.3 Å². The van der Waals surface area contributed by atoms with Crippen molar-refractivity contribution >= 4 is 10.1 Å². The first-order chi connectivity index (χ1) is 10.5. The second-order valence-electron chi connectivity index (χ2n) is 6.15. The molecule has 1 aromatic carbocycles. The van der Waals surface area contributed by atoms with E-state index in [1.807, 2.05) is 12.1 Å². The van der Waals surface area contributed by atoms with Crippen LogP contribution in [0, 0.1) is 0 Å². The average molecular weight is 325 g/mol. The van der Waals surface area contributed by atoms with Crippen LogP contribution in [0.15, 0.2) is 18.2 Å². The molecule has 6 heteroatoms. The van der Waals surface area contributed by atoms with Crippen LogP contribution in [0.1, 0.15) is 37.7 Å². The molecule has 2 aliphatic heterocycles. The zero-order valence-electron chi connectivity index (χ0n) is 13.1. The van der Waals surface area contributed by atoms with Gasteiger partial charge < -0.3 is 8.92 Å². The lowest BCUT2D eigenvalue weighted by atomic mass is 9.81. The second kappa shape index (κ2) is 6.08. The third kappa shape index (κ3) is 3.22. The molecule has 0 spiro atoms. The molecule has 0 saturated carbocycles. The van der Waals surface area contributed by atoms with Crippen molar-refractivity contribution in [2.24, 2.45) is 0 Å². The van der Waals surface area contributed by atoms with Crippen LogP contribution in [0.3, 0.4) is 0 Å². The van der Waals surface area contributed by atoms with Crippen molar-refractivity contribution in [1.82, 2.24) is 4.90 Å². The topological polar surface area (TPSA) is 55.8 Å². The van der Waals surface area contributed by atoms with Gasteiger partial charge in [-0.25, -0.2) is 0 Å². The Kier molecular flexibility index (Phi) is 4.32. The number of ether oxygens (including phenoxy) is 1. The number of hydrogen-bond donors (Lipinski definition) is 0. The van der Waals surface area contributed by atoms with Crippen LogP contribution in [0.4, 0.5) is 0 Å². The van der Waals surface area contributed by atoms with Gasteiger partial charge in [-0.15, -0.1) is 0 Å². The molecule has 0 amide bonds. The maximum atomic E-state index is 11.3. The molecule has 0 unspecified atom stereocenters. The summed E-state index contributed by atoms with van der Waals surface area (Å²) >= 11 is 0. The van der Waals surface area contributed by atoms with Gasteiger partial charge in [0.1, 0.15) is 18.1 Å². The molecule has 2 atom stereocenters. The molecule has 2 heterocycles. The summed E-state index contributed by atoms with van der Waals surface area (Å²) in [5, 5.41) is 0. The highest BCUT2D eigenvalue weighted by Crippen LogP contribution is 2.42. The fourth-order valence-electron chi connectivity index (χ4n) is 3.63. The first-order valence-corrected chi connectivity index (χ1v) is 9.70. The van der Waals surface area contributed by atoms with Gasteiger partial charge in [0.25, 0.3) is 0 Å². The summed E-state index contributed by atoms with van der Waals surface area (Å²) < 4.78 is 33.6. The molecule has 1 fully saturated rings. The lowest BCUT2D eigenvalue weighted by Gasteiger charge is -2.44. The fourth-order valence-corrected chi connectivity index (χ4v) is 4.08. The maximum Gasteiger partial charge on any atom is 0.306 e. The summed E-state index contributed by atoms with van der Waals surface area (Å²) in [5.41, 5.74) is 1.08. The normalized spacial score (nSPS) is 25.0. The van der Waals surface area contributed by atoms with Gasteiger partial charge in [-0.2, -0.15) is 8.42 Å². The lowest BCUT2D eigenvalue weighted by Crippen LogP contribution is -2.49. The lowest BCUT2D eigenvalue weighted by molar-refractivity contribution is 0.0658. The maximum absolute atomic E-state index is 11.3. The number of hydrogen-bond acceptors (Lipinski definition) is 5. The number of piperidine rings is 1. The Balaban J connectivity index is 1.90. The molecule has 3 rings (SSSR count). The zero-order chi connectivity index (χ0) is 15.7. The highest BCUT2D eigenvalue weighted by molar-refractivity contribution is 7.86. The summed E-state index contributed by atoms with van der Waals surface area (Å²) in [5.74, 6) is 1.63. The Bertz CT molecular complexity index is 642. The van der Waals surface area contributed by atoms with Crippen LogP contribution in [-0.2, 0) is 10.1 Å². The Morgan fingerprint density at radius 1 is 1.41 bits per heavy atom. The largest absolute Gasteiger partial charge is 0.492 e. The van der Waals surface area contributed by atoms with Crippen molar-refractivity contribution in [3.8, 4) is 11.5 Å². The van der Waals surface area contributed by atoms with E-state index in [-0.39, 0.29) is 0 Å². The summed E-state index contributed by atoms with van der Waals surface area (Å²) in [7, 11) is -3.50. The molecule has 0 bridgehead atoms. The SMILES string of the molecule is CCCN1CCC[C@H]2c3cc(OS(C)(=O)=O)ccc3OC[C@@H]21. The molecule has 0 radical (unpaired) electrons. The minimum absolute atomic E-state index is 0.373. The molecule has 22 heavy (non-hydrogen) atoms. The van der Waals surface area contributed by atoms with Crippen LogP contribution >= 0.6 is 0 Å². The number of fused-ring (bicyclic) bond motifs is 3. The monoisotopic (exact) mass is 325 g/mol. The van der Waals surface area contributed by atoms with Crippen molar-refractivity contribution in [3.63, 3.8) is 0 Å². The number of likely N-dealkylation sites (tertiary alicyclic amines) is 1. The minimum atomic E-state index is -3.50. The summed E-state index contributed by atoms with van der Waals surface area (Å²) in [6.07, 6.45) is 4.48. The van der Waals surface area contributed by atoms with Crippen molar-refractivity contribution in [2.45, 2.75) is 38.1 Å². The van der Waals surface area contributed by atoms with Crippen LogP contribution in [0.25, 0.3) is 0 Å². The smallest absolute Gasteiger partial charge is 0.306 e. The molecule has 0 aromatic heterocycles. The van der Waals surface area contributed by atoms with Gasteiger partial charge >= 0.3 is 10.1 Å². The number of rotatable bonds is 4. The molecule has 1 aromatic rings.